The Balaban J connectivity index is 1.81. The maximum absolute atomic E-state index is 12.7. The summed E-state index contributed by atoms with van der Waals surface area (Å²) in [4.78, 5) is 38.9. The minimum absolute atomic E-state index is 0.255. The number of thiophene rings is 1. The van der Waals surface area contributed by atoms with E-state index in [0.717, 1.165) is 15.3 Å². The number of urea groups is 1. The Hall–Kier alpha value is -2.47. The summed E-state index contributed by atoms with van der Waals surface area (Å²) in [5.74, 6) is -0.658. The SMILES string of the molecule is Cc1ccc(C(=O)CN2C(=O)NC(C)(c3cccs3)C2=O)cc1. The molecule has 1 N–H and O–H groups in total. The van der Waals surface area contributed by atoms with Crippen molar-refractivity contribution in [3.63, 3.8) is 0 Å². The lowest BCUT2D eigenvalue weighted by Crippen LogP contribution is -2.40. The van der Waals surface area contributed by atoms with Gasteiger partial charge in [0.25, 0.3) is 5.91 Å². The third kappa shape index (κ3) is 2.66. The highest BCUT2D eigenvalue weighted by atomic mass is 32.1. The lowest BCUT2D eigenvalue weighted by molar-refractivity contribution is -0.130. The molecule has 5 nitrogen and oxygen atoms in total. The first-order valence-electron chi connectivity index (χ1n) is 7.20. The first-order valence-corrected chi connectivity index (χ1v) is 8.08. The molecule has 1 aromatic heterocycles. The third-order valence-electron chi connectivity index (χ3n) is 3.96. The van der Waals surface area contributed by atoms with E-state index in [2.05, 4.69) is 5.32 Å². The number of benzene rings is 1. The van der Waals surface area contributed by atoms with Crippen LogP contribution in [0.1, 0.15) is 27.7 Å². The highest BCUT2D eigenvalue weighted by Gasteiger charge is 2.50. The number of ketones is 1. The fourth-order valence-corrected chi connectivity index (χ4v) is 3.38. The molecule has 0 saturated carbocycles. The number of rotatable bonds is 4. The summed E-state index contributed by atoms with van der Waals surface area (Å²) in [5, 5.41) is 4.54. The van der Waals surface area contributed by atoms with Crippen LogP contribution in [0.15, 0.2) is 41.8 Å². The molecule has 3 rings (SSSR count). The number of hydrogen-bond acceptors (Lipinski definition) is 4. The van der Waals surface area contributed by atoms with E-state index in [1.54, 1.807) is 25.1 Å². The predicted molar refractivity (Wildman–Crippen MR) is 87.4 cm³/mol. The van der Waals surface area contributed by atoms with Crippen LogP contribution in [0.3, 0.4) is 0 Å². The Morgan fingerprint density at radius 2 is 1.91 bits per heavy atom. The van der Waals surface area contributed by atoms with E-state index in [0.29, 0.717) is 5.56 Å². The van der Waals surface area contributed by atoms with Gasteiger partial charge in [-0.25, -0.2) is 4.79 Å². The third-order valence-corrected chi connectivity index (χ3v) is 5.06. The van der Waals surface area contributed by atoms with Crippen molar-refractivity contribution in [2.45, 2.75) is 19.4 Å². The van der Waals surface area contributed by atoms with Crippen LogP contribution < -0.4 is 5.32 Å². The fraction of sp³-hybridized carbons (Fsp3) is 0.235. The van der Waals surface area contributed by atoms with Crippen LogP contribution in [0.5, 0.6) is 0 Å². The molecule has 0 radical (unpaired) electrons. The van der Waals surface area contributed by atoms with E-state index >= 15 is 0 Å². The molecule has 1 aromatic carbocycles. The van der Waals surface area contributed by atoms with Gasteiger partial charge in [-0.15, -0.1) is 11.3 Å². The Morgan fingerprint density at radius 1 is 1.22 bits per heavy atom. The van der Waals surface area contributed by atoms with Crippen LogP contribution in [0.2, 0.25) is 0 Å². The highest BCUT2D eigenvalue weighted by Crippen LogP contribution is 2.31. The molecule has 0 spiro atoms. The predicted octanol–water partition coefficient (Wildman–Crippen LogP) is 2.71. The molecule has 1 atom stereocenters. The second-order valence-corrected chi connectivity index (χ2v) is 6.66. The summed E-state index contributed by atoms with van der Waals surface area (Å²) in [5.41, 5.74) is 0.432. The van der Waals surface area contributed by atoms with Gasteiger partial charge in [-0.05, 0) is 25.3 Å². The summed E-state index contributed by atoms with van der Waals surface area (Å²) in [7, 11) is 0. The van der Waals surface area contributed by atoms with Crippen LogP contribution in [0, 0.1) is 6.92 Å². The van der Waals surface area contributed by atoms with E-state index < -0.39 is 17.5 Å². The van der Waals surface area contributed by atoms with Gasteiger partial charge < -0.3 is 5.32 Å². The number of nitrogens with zero attached hydrogens (tertiary/aromatic N) is 1. The van der Waals surface area contributed by atoms with Gasteiger partial charge in [-0.3, -0.25) is 14.5 Å². The van der Waals surface area contributed by atoms with Gasteiger partial charge >= 0.3 is 6.03 Å². The van der Waals surface area contributed by atoms with Crippen molar-refractivity contribution in [3.05, 3.63) is 57.8 Å². The standard InChI is InChI=1S/C17H16N2O3S/c1-11-5-7-12(8-6-11)13(20)10-19-15(21)17(2,18-16(19)22)14-4-3-9-23-14/h3-9H,10H2,1-2H3,(H,18,22). The molecule has 3 amide bonds. The summed E-state index contributed by atoms with van der Waals surface area (Å²) in [6, 6.07) is 10.2. The zero-order valence-corrected chi connectivity index (χ0v) is 13.6. The minimum atomic E-state index is -1.10. The van der Waals surface area contributed by atoms with Crippen molar-refractivity contribution >= 4 is 29.1 Å². The maximum Gasteiger partial charge on any atom is 0.325 e. The number of Topliss-reactive ketones (excluding diaryl/α,β-unsaturated/α-hetero) is 1. The topological polar surface area (TPSA) is 66.5 Å². The van der Waals surface area contributed by atoms with E-state index in [-0.39, 0.29) is 12.3 Å². The van der Waals surface area contributed by atoms with E-state index in [1.165, 1.54) is 11.3 Å². The molecule has 1 aliphatic heterocycles. The van der Waals surface area contributed by atoms with Crippen LogP contribution in [0.25, 0.3) is 0 Å². The number of nitrogens with one attached hydrogen (secondary N) is 1. The Bertz CT molecular complexity index is 768. The number of hydrogen-bond donors (Lipinski definition) is 1. The van der Waals surface area contributed by atoms with Crippen molar-refractivity contribution in [2.24, 2.45) is 0 Å². The maximum atomic E-state index is 12.7. The van der Waals surface area contributed by atoms with Crippen molar-refractivity contribution in [2.75, 3.05) is 6.54 Å². The van der Waals surface area contributed by atoms with Gasteiger partial charge in [-0.1, -0.05) is 35.9 Å². The number of carbonyl (C=O) groups is 3. The number of amides is 3. The van der Waals surface area contributed by atoms with E-state index in [1.807, 2.05) is 30.5 Å². The Labute approximate surface area is 137 Å². The largest absolute Gasteiger partial charge is 0.325 e. The second kappa shape index (κ2) is 5.62. The Morgan fingerprint density at radius 3 is 2.52 bits per heavy atom. The van der Waals surface area contributed by atoms with E-state index in [9.17, 15) is 14.4 Å². The molecule has 1 fully saturated rings. The zero-order valence-electron chi connectivity index (χ0n) is 12.8. The lowest BCUT2D eigenvalue weighted by atomic mass is 10.0. The molecule has 0 bridgehead atoms. The molecule has 2 aromatic rings. The number of aryl methyl sites for hydroxylation is 1. The van der Waals surface area contributed by atoms with Gasteiger partial charge in [0.05, 0.1) is 6.54 Å². The summed E-state index contributed by atoms with van der Waals surface area (Å²) in [6.45, 7) is 3.34. The van der Waals surface area contributed by atoms with E-state index in [4.69, 9.17) is 0 Å². The fourth-order valence-electron chi connectivity index (χ4n) is 2.54. The van der Waals surface area contributed by atoms with Crippen LogP contribution in [-0.4, -0.2) is 29.2 Å². The van der Waals surface area contributed by atoms with Gasteiger partial charge in [0, 0.05) is 10.4 Å². The normalized spacial score (nSPS) is 20.7. The van der Waals surface area contributed by atoms with Gasteiger partial charge in [-0.2, -0.15) is 0 Å². The summed E-state index contributed by atoms with van der Waals surface area (Å²) < 4.78 is 0. The average molecular weight is 328 g/mol. The summed E-state index contributed by atoms with van der Waals surface area (Å²) in [6.07, 6.45) is 0. The van der Waals surface area contributed by atoms with Crippen molar-refractivity contribution < 1.29 is 14.4 Å². The zero-order chi connectivity index (χ0) is 16.6. The molecule has 2 heterocycles. The lowest BCUT2D eigenvalue weighted by Gasteiger charge is -2.19. The summed E-state index contributed by atoms with van der Waals surface area (Å²) >= 11 is 1.40. The van der Waals surface area contributed by atoms with Crippen LogP contribution in [0.4, 0.5) is 4.79 Å². The minimum Gasteiger partial charge on any atom is -0.319 e. The van der Waals surface area contributed by atoms with Crippen molar-refractivity contribution in [1.82, 2.24) is 10.2 Å². The smallest absolute Gasteiger partial charge is 0.319 e. The average Bonchev–Trinajstić information content (AvgIpc) is 3.12. The van der Waals surface area contributed by atoms with Gasteiger partial charge in [0.1, 0.15) is 0 Å². The molecule has 23 heavy (non-hydrogen) atoms. The van der Waals surface area contributed by atoms with Crippen molar-refractivity contribution in [3.8, 4) is 0 Å². The first-order chi connectivity index (χ1) is 10.9. The quantitative estimate of drug-likeness (QED) is 0.693. The Kier molecular flexibility index (Phi) is 3.77. The first kappa shape index (κ1) is 15.4. The molecule has 118 valence electrons. The molecule has 6 heteroatoms. The van der Waals surface area contributed by atoms with Crippen LogP contribution >= 0.6 is 11.3 Å². The number of imide groups is 1. The van der Waals surface area contributed by atoms with Gasteiger partial charge in [0.2, 0.25) is 0 Å². The highest BCUT2D eigenvalue weighted by molar-refractivity contribution is 7.10. The number of carbonyl (C=O) groups excluding carboxylic acids is 3. The second-order valence-electron chi connectivity index (χ2n) is 5.71. The molecule has 1 unspecified atom stereocenters. The monoisotopic (exact) mass is 328 g/mol. The van der Waals surface area contributed by atoms with Crippen LogP contribution in [-0.2, 0) is 10.3 Å². The molecular weight excluding hydrogens is 312 g/mol. The molecular formula is C17H16N2O3S. The molecule has 1 aliphatic rings. The molecule has 0 aliphatic carbocycles. The van der Waals surface area contributed by atoms with Gasteiger partial charge in [0.15, 0.2) is 11.3 Å². The molecule has 1 saturated heterocycles. The van der Waals surface area contributed by atoms with Crippen molar-refractivity contribution in [1.29, 1.82) is 0 Å².